The molecule has 68 heavy (non-hydrogen) atoms. The normalized spacial score (nSPS) is 13.0. The fraction of sp³-hybridized carbons (Fsp3) is 0.629. The third-order valence-corrected chi connectivity index (χ3v) is 11.2. The number of hydrogen-bond acceptors (Lipinski definition) is 6. The van der Waals surface area contributed by atoms with E-state index in [1.165, 1.54) is 70.6 Å². The molecule has 0 aliphatic rings. The van der Waals surface area contributed by atoms with Gasteiger partial charge in [0.25, 0.3) is 0 Å². The van der Waals surface area contributed by atoms with Gasteiger partial charge in [0, 0.05) is 19.3 Å². The van der Waals surface area contributed by atoms with E-state index in [2.05, 4.69) is 142 Å². The molecule has 0 aromatic carbocycles. The van der Waals surface area contributed by atoms with Crippen LogP contribution in [0, 0.1) is 0 Å². The summed E-state index contributed by atoms with van der Waals surface area (Å²) in [4.78, 5) is 37.8. The molecule has 0 aliphatic carbocycles. The maximum absolute atomic E-state index is 12.8. The summed E-state index contributed by atoms with van der Waals surface area (Å²) >= 11 is 0. The van der Waals surface area contributed by atoms with Crippen LogP contribution in [-0.2, 0) is 28.6 Å². The Balaban J connectivity index is 4.34. The van der Waals surface area contributed by atoms with Crippen LogP contribution < -0.4 is 0 Å². The second-order valence-electron chi connectivity index (χ2n) is 17.8. The van der Waals surface area contributed by atoms with Crippen LogP contribution in [0.15, 0.2) is 122 Å². The van der Waals surface area contributed by atoms with Crippen molar-refractivity contribution in [3.8, 4) is 0 Å². The lowest BCUT2D eigenvalue weighted by Gasteiger charge is -2.18. The van der Waals surface area contributed by atoms with Crippen LogP contribution in [0.4, 0.5) is 0 Å². The molecule has 0 aromatic rings. The Kier molecular flexibility index (Phi) is 52.0. The lowest BCUT2D eigenvalue weighted by Crippen LogP contribution is -2.30. The number of esters is 3. The van der Waals surface area contributed by atoms with E-state index in [1.807, 2.05) is 0 Å². The molecule has 0 fully saturated rings. The predicted molar refractivity (Wildman–Crippen MR) is 293 cm³/mol. The molecule has 0 spiro atoms. The number of ether oxygens (including phenoxy) is 3. The van der Waals surface area contributed by atoms with Gasteiger partial charge in [-0.05, 0) is 109 Å². The number of unbranched alkanes of at least 4 members (excludes halogenated alkanes) is 17. The van der Waals surface area contributed by atoms with Crippen molar-refractivity contribution in [2.75, 3.05) is 13.2 Å². The molecular formula is C62H100O6. The van der Waals surface area contributed by atoms with Crippen molar-refractivity contribution >= 4 is 17.9 Å². The lowest BCUT2D eigenvalue weighted by molar-refractivity contribution is -0.167. The van der Waals surface area contributed by atoms with Gasteiger partial charge in [-0.15, -0.1) is 0 Å². The summed E-state index contributed by atoms with van der Waals surface area (Å²) in [5.41, 5.74) is 0. The van der Waals surface area contributed by atoms with Crippen molar-refractivity contribution in [3.63, 3.8) is 0 Å². The number of carbonyl (C=O) groups excluding carboxylic acids is 3. The summed E-state index contributed by atoms with van der Waals surface area (Å²) in [6.07, 6.45) is 76.5. The molecular weight excluding hydrogens is 841 g/mol. The molecule has 0 bridgehead atoms. The second kappa shape index (κ2) is 55.4. The Morgan fingerprint density at radius 2 is 0.588 bits per heavy atom. The molecule has 1 unspecified atom stereocenters. The van der Waals surface area contributed by atoms with Crippen molar-refractivity contribution in [1.29, 1.82) is 0 Å². The SMILES string of the molecule is CC/C=C\C/C=C\C/C=C\C/C=C\C/C=C\C/C=C\C/C=C\CCCC(=O)OCC(COC(=O)CCCCCCCC)OC(=O)CCCCCCCC/C=C\C/C=C\C/C=C\CCCCCCC. The van der Waals surface area contributed by atoms with Crippen molar-refractivity contribution in [1.82, 2.24) is 0 Å². The van der Waals surface area contributed by atoms with Gasteiger partial charge in [-0.2, -0.15) is 0 Å². The van der Waals surface area contributed by atoms with Crippen molar-refractivity contribution in [2.24, 2.45) is 0 Å². The van der Waals surface area contributed by atoms with Gasteiger partial charge in [0.05, 0.1) is 0 Å². The fourth-order valence-corrected chi connectivity index (χ4v) is 7.08. The monoisotopic (exact) mass is 941 g/mol. The molecule has 1 atom stereocenters. The van der Waals surface area contributed by atoms with Gasteiger partial charge in [-0.3, -0.25) is 14.4 Å². The van der Waals surface area contributed by atoms with Crippen LogP contribution in [0.1, 0.15) is 233 Å². The maximum atomic E-state index is 12.8. The molecule has 0 N–H and O–H groups in total. The number of carbonyl (C=O) groups is 3. The van der Waals surface area contributed by atoms with E-state index >= 15 is 0 Å². The quantitative estimate of drug-likeness (QED) is 0.0262. The number of allylic oxidation sites excluding steroid dienone is 20. The summed E-state index contributed by atoms with van der Waals surface area (Å²) in [7, 11) is 0. The third-order valence-electron chi connectivity index (χ3n) is 11.2. The number of rotatable bonds is 48. The van der Waals surface area contributed by atoms with E-state index in [4.69, 9.17) is 14.2 Å². The maximum Gasteiger partial charge on any atom is 0.306 e. The van der Waals surface area contributed by atoms with Crippen molar-refractivity contribution < 1.29 is 28.6 Å². The molecule has 6 nitrogen and oxygen atoms in total. The minimum Gasteiger partial charge on any atom is -0.462 e. The smallest absolute Gasteiger partial charge is 0.306 e. The first kappa shape index (κ1) is 63.8. The first-order valence-corrected chi connectivity index (χ1v) is 27.5. The van der Waals surface area contributed by atoms with Crippen LogP contribution in [0.5, 0.6) is 0 Å². The van der Waals surface area contributed by atoms with Gasteiger partial charge in [-0.25, -0.2) is 0 Å². The van der Waals surface area contributed by atoms with E-state index in [1.54, 1.807) is 0 Å². The Morgan fingerprint density at radius 3 is 0.956 bits per heavy atom. The Labute approximate surface area is 418 Å². The van der Waals surface area contributed by atoms with Crippen LogP contribution >= 0.6 is 0 Å². The Bertz CT molecular complexity index is 1450. The molecule has 0 rings (SSSR count). The first-order valence-electron chi connectivity index (χ1n) is 27.5. The molecule has 0 aliphatic heterocycles. The van der Waals surface area contributed by atoms with Gasteiger partial charge in [0.2, 0.25) is 0 Å². The van der Waals surface area contributed by atoms with Gasteiger partial charge >= 0.3 is 17.9 Å². The summed E-state index contributed by atoms with van der Waals surface area (Å²) in [6, 6.07) is 0. The average molecular weight is 941 g/mol. The highest BCUT2D eigenvalue weighted by atomic mass is 16.6. The van der Waals surface area contributed by atoms with Crippen LogP contribution in [-0.4, -0.2) is 37.2 Å². The third kappa shape index (κ3) is 52.8. The molecule has 0 aromatic heterocycles. The van der Waals surface area contributed by atoms with E-state index in [0.717, 1.165) is 116 Å². The van der Waals surface area contributed by atoms with Gasteiger partial charge in [0.1, 0.15) is 13.2 Å². The molecule has 384 valence electrons. The highest BCUT2D eigenvalue weighted by molar-refractivity contribution is 5.71. The van der Waals surface area contributed by atoms with Gasteiger partial charge in [0.15, 0.2) is 6.10 Å². The van der Waals surface area contributed by atoms with Crippen LogP contribution in [0.25, 0.3) is 0 Å². The Hall–Kier alpha value is -4.19. The highest BCUT2D eigenvalue weighted by Gasteiger charge is 2.19. The standard InChI is InChI=1S/C62H100O6/c1-4-7-10-13-16-18-20-22-24-26-28-30-31-33-34-36-38-40-42-44-46-49-52-55-61(64)67-58-59(57-66-60(63)54-51-48-15-12-9-6-3)68-62(65)56-53-50-47-45-43-41-39-37-35-32-29-27-25-23-21-19-17-14-11-8-5-2/h7,10,16,18,21-24,27-30,33-35,37-38,40,44,46,59H,4-6,8-9,11-15,17,19-20,25-26,31-32,36,39,41-43,45,47-58H2,1-3H3/b10-7-,18-16-,23-21-,24-22-,29-27-,30-28-,34-33-,37-35-,40-38-,46-44-. The molecule has 0 saturated carbocycles. The zero-order valence-corrected chi connectivity index (χ0v) is 43.8. The minimum absolute atomic E-state index is 0.105. The van der Waals surface area contributed by atoms with Crippen LogP contribution in [0.3, 0.4) is 0 Å². The molecule has 0 saturated heterocycles. The largest absolute Gasteiger partial charge is 0.462 e. The summed E-state index contributed by atoms with van der Waals surface area (Å²) in [5, 5.41) is 0. The first-order chi connectivity index (χ1) is 33.5. The fourth-order valence-electron chi connectivity index (χ4n) is 7.08. The summed E-state index contributed by atoms with van der Waals surface area (Å²) in [5.74, 6) is -0.995. The van der Waals surface area contributed by atoms with E-state index in [9.17, 15) is 14.4 Å². The molecule has 0 radical (unpaired) electrons. The predicted octanol–water partition coefficient (Wildman–Crippen LogP) is 18.5. The lowest BCUT2D eigenvalue weighted by atomic mass is 10.1. The van der Waals surface area contributed by atoms with Crippen LogP contribution in [0.2, 0.25) is 0 Å². The van der Waals surface area contributed by atoms with Crippen molar-refractivity contribution in [2.45, 2.75) is 239 Å². The summed E-state index contributed by atoms with van der Waals surface area (Å²) in [6.45, 7) is 6.38. The molecule has 6 heteroatoms. The topological polar surface area (TPSA) is 78.9 Å². The second-order valence-corrected chi connectivity index (χ2v) is 17.8. The highest BCUT2D eigenvalue weighted by Crippen LogP contribution is 2.13. The molecule has 0 amide bonds. The number of hydrogen-bond donors (Lipinski definition) is 0. The summed E-state index contributed by atoms with van der Waals surface area (Å²) < 4.78 is 16.7. The van der Waals surface area contributed by atoms with Crippen molar-refractivity contribution in [3.05, 3.63) is 122 Å². The van der Waals surface area contributed by atoms with E-state index < -0.39 is 6.10 Å². The van der Waals surface area contributed by atoms with E-state index in [-0.39, 0.29) is 37.5 Å². The zero-order valence-electron chi connectivity index (χ0n) is 43.8. The Morgan fingerprint density at radius 1 is 0.309 bits per heavy atom. The van der Waals surface area contributed by atoms with E-state index in [0.29, 0.717) is 19.3 Å². The minimum atomic E-state index is -0.809. The zero-order chi connectivity index (χ0) is 49.3. The molecule has 0 heterocycles. The van der Waals surface area contributed by atoms with Gasteiger partial charge in [-0.1, -0.05) is 226 Å². The average Bonchev–Trinajstić information content (AvgIpc) is 3.34. The van der Waals surface area contributed by atoms with Gasteiger partial charge < -0.3 is 14.2 Å².